The molecule has 0 amide bonds. The lowest BCUT2D eigenvalue weighted by atomic mass is 9.98. The summed E-state index contributed by atoms with van der Waals surface area (Å²) in [6.07, 6.45) is 2.60. The predicted molar refractivity (Wildman–Crippen MR) is 40.5 cm³/mol. The van der Waals surface area contributed by atoms with Gasteiger partial charge >= 0.3 is 0 Å². The van der Waals surface area contributed by atoms with E-state index in [-0.39, 0.29) is 0 Å². The quantitative estimate of drug-likeness (QED) is 0.424. The Morgan fingerprint density at radius 2 is 2.00 bits per heavy atom. The van der Waals surface area contributed by atoms with Gasteiger partial charge < -0.3 is 5.32 Å². The van der Waals surface area contributed by atoms with Gasteiger partial charge in [-0.25, -0.2) is 0 Å². The molecule has 0 saturated carbocycles. The van der Waals surface area contributed by atoms with Crippen LogP contribution in [0, 0.1) is 5.92 Å². The minimum Gasteiger partial charge on any atom is -0.317 e. The Labute approximate surface area is 61.5 Å². The topological polar surface area (TPSA) is 36.1 Å². The fourth-order valence-electron chi connectivity index (χ4n) is 1.86. The van der Waals surface area contributed by atoms with E-state index in [1.807, 2.05) is 0 Å². The van der Waals surface area contributed by atoms with Gasteiger partial charge in [0, 0.05) is 12.6 Å². The highest BCUT2D eigenvalue weighted by Crippen LogP contribution is 2.16. The average molecular weight is 141 g/mol. The van der Waals surface area contributed by atoms with Gasteiger partial charge in [0.05, 0.1) is 0 Å². The first-order chi connectivity index (χ1) is 4.97. The first kappa shape index (κ1) is 6.58. The monoisotopic (exact) mass is 141 g/mol. The molecule has 0 spiro atoms. The van der Waals surface area contributed by atoms with Crippen LogP contribution in [0.4, 0.5) is 0 Å². The largest absolute Gasteiger partial charge is 0.317 e. The number of hydrogen-bond donors (Lipinski definition) is 3. The number of hydrogen-bond acceptors (Lipinski definition) is 3. The van der Waals surface area contributed by atoms with Crippen LogP contribution in [-0.2, 0) is 0 Å². The third-order valence-electron chi connectivity index (χ3n) is 2.54. The van der Waals surface area contributed by atoms with E-state index in [1.54, 1.807) is 0 Å². The molecule has 2 heterocycles. The summed E-state index contributed by atoms with van der Waals surface area (Å²) in [5.41, 5.74) is 6.52. The fourth-order valence-corrected chi connectivity index (χ4v) is 1.86. The third-order valence-corrected chi connectivity index (χ3v) is 2.54. The van der Waals surface area contributed by atoms with E-state index in [4.69, 9.17) is 0 Å². The van der Waals surface area contributed by atoms with E-state index < -0.39 is 0 Å². The van der Waals surface area contributed by atoms with Crippen LogP contribution in [0.3, 0.4) is 0 Å². The lowest BCUT2D eigenvalue weighted by Gasteiger charge is -2.12. The van der Waals surface area contributed by atoms with Crippen molar-refractivity contribution in [1.29, 1.82) is 0 Å². The van der Waals surface area contributed by atoms with Gasteiger partial charge in [-0.05, 0) is 31.8 Å². The fraction of sp³-hybridized carbons (Fsp3) is 1.00. The lowest BCUT2D eigenvalue weighted by Crippen LogP contribution is -2.32. The summed E-state index contributed by atoms with van der Waals surface area (Å²) in [7, 11) is 0. The molecule has 2 rings (SSSR count). The highest BCUT2D eigenvalue weighted by Gasteiger charge is 2.27. The van der Waals surface area contributed by atoms with Crippen molar-refractivity contribution in [3.8, 4) is 0 Å². The van der Waals surface area contributed by atoms with Crippen molar-refractivity contribution in [1.82, 2.24) is 16.2 Å². The molecule has 0 radical (unpaired) electrons. The lowest BCUT2D eigenvalue weighted by molar-refractivity contribution is 0.446. The van der Waals surface area contributed by atoms with E-state index in [0.717, 1.165) is 18.5 Å². The minimum atomic E-state index is 0.731. The highest BCUT2D eigenvalue weighted by atomic mass is 15.4. The summed E-state index contributed by atoms with van der Waals surface area (Å²) >= 11 is 0. The molecule has 0 aliphatic carbocycles. The van der Waals surface area contributed by atoms with Crippen molar-refractivity contribution >= 4 is 0 Å². The third kappa shape index (κ3) is 1.17. The number of hydrazine groups is 1. The predicted octanol–water partition coefficient (Wildman–Crippen LogP) is -0.538. The van der Waals surface area contributed by atoms with E-state index in [9.17, 15) is 0 Å². The Morgan fingerprint density at radius 1 is 1.10 bits per heavy atom. The smallest absolute Gasteiger partial charge is 0.0266 e. The average Bonchev–Trinajstić information content (AvgIpc) is 2.28. The number of fused-ring (bicyclic) bond motifs is 1. The number of rotatable bonds is 0. The van der Waals surface area contributed by atoms with Crippen LogP contribution in [0.25, 0.3) is 0 Å². The molecule has 2 fully saturated rings. The summed E-state index contributed by atoms with van der Waals surface area (Å²) in [5.74, 6) is 0.870. The summed E-state index contributed by atoms with van der Waals surface area (Å²) in [6, 6.07) is 0.731. The molecule has 0 bridgehead atoms. The molecule has 10 heavy (non-hydrogen) atoms. The molecule has 3 N–H and O–H groups in total. The molecule has 3 nitrogen and oxygen atoms in total. The molecular formula is C7H15N3. The molecule has 2 unspecified atom stereocenters. The van der Waals surface area contributed by atoms with Crippen molar-refractivity contribution in [2.24, 2.45) is 5.92 Å². The number of nitrogens with one attached hydrogen (secondary N) is 3. The zero-order valence-electron chi connectivity index (χ0n) is 6.19. The highest BCUT2D eigenvalue weighted by molar-refractivity contribution is 4.85. The second-order valence-corrected chi connectivity index (χ2v) is 3.22. The molecule has 2 aliphatic rings. The van der Waals surface area contributed by atoms with Crippen LogP contribution in [0.15, 0.2) is 0 Å². The van der Waals surface area contributed by atoms with Gasteiger partial charge in [-0.3, -0.25) is 10.9 Å². The first-order valence-corrected chi connectivity index (χ1v) is 4.16. The second kappa shape index (κ2) is 2.86. The maximum atomic E-state index is 3.41. The minimum absolute atomic E-state index is 0.731. The van der Waals surface area contributed by atoms with Gasteiger partial charge in [0.1, 0.15) is 0 Å². The normalized spacial score (nSPS) is 40.8. The summed E-state index contributed by atoms with van der Waals surface area (Å²) < 4.78 is 0. The Balaban J connectivity index is 1.95. The summed E-state index contributed by atoms with van der Waals surface area (Å²) in [4.78, 5) is 0. The van der Waals surface area contributed by atoms with Gasteiger partial charge in [0.2, 0.25) is 0 Å². The molecule has 2 saturated heterocycles. The van der Waals surface area contributed by atoms with Crippen molar-refractivity contribution in [3.63, 3.8) is 0 Å². The van der Waals surface area contributed by atoms with Crippen molar-refractivity contribution < 1.29 is 0 Å². The van der Waals surface area contributed by atoms with Crippen LogP contribution >= 0.6 is 0 Å². The Morgan fingerprint density at radius 3 is 3.00 bits per heavy atom. The van der Waals surface area contributed by atoms with Crippen molar-refractivity contribution in [2.45, 2.75) is 18.9 Å². The van der Waals surface area contributed by atoms with Gasteiger partial charge in [0.25, 0.3) is 0 Å². The standard InChI is InChI=1S/C7H15N3/c1-3-8-4-2-7-6(1)5-9-10-7/h6-10H,1-5H2. The maximum absolute atomic E-state index is 3.41. The van der Waals surface area contributed by atoms with E-state index in [1.165, 1.54) is 25.9 Å². The van der Waals surface area contributed by atoms with Crippen LogP contribution in [0.2, 0.25) is 0 Å². The molecule has 0 aromatic carbocycles. The molecule has 2 aliphatic heterocycles. The summed E-state index contributed by atoms with van der Waals surface area (Å²) in [5, 5.41) is 3.41. The molecular weight excluding hydrogens is 126 g/mol. The van der Waals surface area contributed by atoms with Crippen molar-refractivity contribution in [2.75, 3.05) is 19.6 Å². The zero-order chi connectivity index (χ0) is 6.81. The second-order valence-electron chi connectivity index (χ2n) is 3.22. The molecule has 0 aromatic heterocycles. The van der Waals surface area contributed by atoms with Gasteiger partial charge in [-0.1, -0.05) is 0 Å². The Bertz CT molecular complexity index is 103. The van der Waals surface area contributed by atoms with Crippen molar-refractivity contribution in [3.05, 3.63) is 0 Å². The van der Waals surface area contributed by atoms with Crippen LogP contribution < -0.4 is 16.2 Å². The van der Waals surface area contributed by atoms with E-state index >= 15 is 0 Å². The van der Waals surface area contributed by atoms with Crippen LogP contribution in [0.5, 0.6) is 0 Å². The van der Waals surface area contributed by atoms with E-state index in [2.05, 4.69) is 16.2 Å². The summed E-state index contributed by atoms with van der Waals surface area (Å²) in [6.45, 7) is 3.53. The van der Waals surface area contributed by atoms with Crippen LogP contribution in [-0.4, -0.2) is 25.7 Å². The molecule has 3 heteroatoms. The molecule has 58 valence electrons. The molecule has 2 atom stereocenters. The Hall–Kier alpha value is -0.120. The first-order valence-electron chi connectivity index (χ1n) is 4.16. The Kier molecular flexibility index (Phi) is 1.88. The molecule has 0 aromatic rings. The van der Waals surface area contributed by atoms with Crippen LogP contribution in [0.1, 0.15) is 12.8 Å². The van der Waals surface area contributed by atoms with Gasteiger partial charge in [-0.15, -0.1) is 0 Å². The maximum Gasteiger partial charge on any atom is 0.0266 e. The van der Waals surface area contributed by atoms with E-state index in [0.29, 0.717) is 0 Å². The SMILES string of the molecule is C1CC2CNNC2CCN1. The van der Waals surface area contributed by atoms with Gasteiger partial charge in [-0.2, -0.15) is 0 Å². The zero-order valence-corrected chi connectivity index (χ0v) is 6.19. The van der Waals surface area contributed by atoms with Gasteiger partial charge in [0.15, 0.2) is 0 Å².